The summed E-state index contributed by atoms with van der Waals surface area (Å²) >= 11 is 0. The van der Waals surface area contributed by atoms with Crippen molar-refractivity contribution in [2.24, 2.45) is 5.73 Å². The molecule has 134 valence electrons. The van der Waals surface area contributed by atoms with Crippen LogP contribution in [0, 0.1) is 0 Å². The molecule has 0 bridgehead atoms. The first-order valence-electron chi connectivity index (χ1n) is 8.92. The molecular formula is C20H27N3O2. The lowest BCUT2D eigenvalue weighted by Crippen LogP contribution is -2.49. The predicted octanol–water partition coefficient (Wildman–Crippen LogP) is 2.86. The molecule has 1 fully saturated rings. The lowest BCUT2D eigenvalue weighted by molar-refractivity contribution is 0.0511. The summed E-state index contributed by atoms with van der Waals surface area (Å²) in [5.41, 5.74) is 6.89. The fraction of sp³-hybridized carbons (Fsp3) is 0.450. The molecule has 2 atom stereocenters. The number of hydrogen-bond donors (Lipinski definition) is 1. The van der Waals surface area contributed by atoms with Crippen LogP contribution in [0.3, 0.4) is 0 Å². The fourth-order valence-corrected chi connectivity index (χ4v) is 3.54. The Morgan fingerprint density at radius 3 is 2.68 bits per heavy atom. The number of nitrogens with two attached hydrogens (primary N) is 1. The van der Waals surface area contributed by atoms with Crippen molar-refractivity contribution in [1.82, 2.24) is 9.80 Å². The summed E-state index contributed by atoms with van der Waals surface area (Å²) in [5.74, 6) is 0.957. The van der Waals surface area contributed by atoms with Crippen LogP contribution in [0.5, 0.6) is 0 Å². The molecule has 0 radical (unpaired) electrons. The van der Waals surface area contributed by atoms with E-state index < -0.39 is 0 Å². The second-order valence-corrected chi connectivity index (χ2v) is 6.87. The third-order valence-corrected chi connectivity index (χ3v) is 5.16. The summed E-state index contributed by atoms with van der Waals surface area (Å²) in [6.45, 7) is 4.51. The minimum Gasteiger partial charge on any atom is -0.455 e. The standard InChI is InChI=1S/C20H27N3O2/c1-15-12-17(10-11-23(15)14-16-6-4-3-5-7-16)22(2)20(24)19-9-8-18(13-21)25-19/h3-9,15,17H,10-14,21H2,1-2H3/t15-,17+/m0/s1. The van der Waals surface area contributed by atoms with Crippen LogP contribution in [-0.4, -0.2) is 41.4 Å². The van der Waals surface area contributed by atoms with Gasteiger partial charge in [0.25, 0.3) is 5.91 Å². The zero-order valence-electron chi connectivity index (χ0n) is 15.0. The number of hydrogen-bond acceptors (Lipinski definition) is 4. The second kappa shape index (κ2) is 7.85. The number of benzene rings is 1. The van der Waals surface area contributed by atoms with Gasteiger partial charge in [0.15, 0.2) is 5.76 Å². The lowest BCUT2D eigenvalue weighted by atomic mass is 9.96. The first kappa shape index (κ1) is 17.7. The number of furan rings is 1. The second-order valence-electron chi connectivity index (χ2n) is 6.87. The van der Waals surface area contributed by atoms with Crippen molar-refractivity contribution in [2.75, 3.05) is 13.6 Å². The van der Waals surface area contributed by atoms with Gasteiger partial charge >= 0.3 is 0 Å². The third kappa shape index (κ3) is 4.11. The third-order valence-electron chi connectivity index (χ3n) is 5.16. The van der Waals surface area contributed by atoms with E-state index in [-0.39, 0.29) is 11.9 Å². The van der Waals surface area contributed by atoms with E-state index in [1.807, 2.05) is 18.0 Å². The Labute approximate surface area is 149 Å². The molecule has 1 aliphatic heterocycles. The van der Waals surface area contributed by atoms with Crippen molar-refractivity contribution in [3.63, 3.8) is 0 Å². The molecule has 1 saturated heterocycles. The molecule has 5 heteroatoms. The van der Waals surface area contributed by atoms with Gasteiger partial charge in [-0.1, -0.05) is 30.3 Å². The average molecular weight is 341 g/mol. The number of nitrogens with zero attached hydrogens (tertiary/aromatic N) is 2. The van der Waals surface area contributed by atoms with E-state index in [0.29, 0.717) is 24.1 Å². The van der Waals surface area contributed by atoms with E-state index in [2.05, 4.69) is 36.1 Å². The zero-order chi connectivity index (χ0) is 17.8. The molecule has 0 unspecified atom stereocenters. The van der Waals surface area contributed by atoms with Gasteiger partial charge in [-0.2, -0.15) is 0 Å². The topological polar surface area (TPSA) is 62.7 Å². The van der Waals surface area contributed by atoms with Gasteiger partial charge in [0.2, 0.25) is 0 Å². The first-order chi connectivity index (χ1) is 12.1. The maximum absolute atomic E-state index is 12.6. The molecular weight excluding hydrogens is 314 g/mol. The quantitative estimate of drug-likeness (QED) is 0.908. The summed E-state index contributed by atoms with van der Waals surface area (Å²) in [5, 5.41) is 0. The van der Waals surface area contributed by atoms with E-state index in [1.165, 1.54) is 5.56 Å². The molecule has 0 aliphatic carbocycles. The van der Waals surface area contributed by atoms with Crippen LogP contribution in [0.2, 0.25) is 0 Å². The van der Waals surface area contributed by atoms with Gasteiger partial charge in [0.1, 0.15) is 5.76 Å². The van der Waals surface area contributed by atoms with Gasteiger partial charge in [0, 0.05) is 32.2 Å². The molecule has 25 heavy (non-hydrogen) atoms. The van der Waals surface area contributed by atoms with E-state index >= 15 is 0 Å². The number of amides is 1. The van der Waals surface area contributed by atoms with Crippen LogP contribution < -0.4 is 5.73 Å². The largest absolute Gasteiger partial charge is 0.455 e. The van der Waals surface area contributed by atoms with Crippen LogP contribution in [0.15, 0.2) is 46.9 Å². The zero-order valence-corrected chi connectivity index (χ0v) is 15.0. The number of likely N-dealkylation sites (tertiary alicyclic amines) is 1. The summed E-state index contributed by atoms with van der Waals surface area (Å²) in [7, 11) is 1.87. The highest BCUT2D eigenvalue weighted by molar-refractivity contribution is 5.91. The van der Waals surface area contributed by atoms with Gasteiger partial charge in [-0.05, 0) is 37.5 Å². The van der Waals surface area contributed by atoms with Gasteiger partial charge in [0.05, 0.1) is 6.54 Å². The summed E-state index contributed by atoms with van der Waals surface area (Å²) < 4.78 is 5.51. The number of rotatable bonds is 5. The molecule has 1 aliphatic rings. The van der Waals surface area contributed by atoms with Gasteiger partial charge in [-0.25, -0.2) is 0 Å². The number of piperidine rings is 1. The highest BCUT2D eigenvalue weighted by Gasteiger charge is 2.31. The predicted molar refractivity (Wildman–Crippen MR) is 98.0 cm³/mol. The van der Waals surface area contributed by atoms with Crippen molar-refractivity contribution in [1.29, 1.82) is 0 Å². The maximum atomic E-state index is 12.6. The number of carbonyl (C=O) groups is 1. The Morgan fingerprint density at radius 2 is 2.04 bits per heavy atom. The Morgan fingerprint density at radius 1 is 1.28 bits per heavy atom. The molecule has 5 nitrogen and oxygen atoms in total. The normalized spacial score (nSPS) is 21.2. The van der Waals surface area contributed by atoms with E-state index in [0.717, 1.165) is 25.9 Å². The van der Waals surface area contributed by atoms with Crippen LogP contribution in [0.1, 0.15) is 41.6 Å². The SMILES string of the molecule is C[C@H]1C[C@H](N(C)C(=O)c2ccc(CN)o2)CCN1Cc1ccccc1. The summed E-state index contributed by atoms with van der Waals surface area (Å²) in [6, 6.07) is 14.7. The van der Waals surface area contributed by atoms with Gasteiger partial charge < -0.3 is 15.1 Å². The molecule has 2 heterocycles. The molecule has 1 aromatic heterocycles. The molecule has 2 N–H and O–H groups in total. The summed E-state index contributed by atoms with van der Waals surface area (Å²) in [4.78, 5) is 16.9. The Bertz CT molecular complexity index is 698. The van der Waals surface area contributed by atoms with Crippen LogP contribution >= 0.6 is 0 Å². The van der Waals surface area contributed by atoms with E-state index in [9.17, 15) is 4.79 Å². The Kier molecular flexibility index (Phi) is 5.56. The molecule has 0 saturated carbocycles. The maximum Gasteiger partial charge on any atom is 0.289 e. The Hall–Kier alpha value is -2.11. The highest BCUT2D eigenvalue weighted by Crippen LogP contribution is 2.24. The molecule has 1 aromatic carbocycles. The fourth-order valence-electron chi connectivity index (χ4n) is 3.54. The van der Waals surface area contributed by atoms with E-state index in [1.54, 1.807) is 12.1 Å². The average Bonchev–Trinajstić information content (AvgIpc) is 3.12. The highest BCUT2D eigenvalue weighted by atomic mass is 16.4. The molecule has 2 aromatic rings. The monoisotopic (exact) mass is 341 g/mol. The van der Waals surface area contributed by atoms with Crippen molar-refractivity contribution in [3.05, 3.63) is 59.5 Å². The van der Waals surface area contributed by atoms with Crippen molar-refractivity contribution >= 4 is 5.91 Å². The lowest BCUT2D eigenvalue weighted by Gasteiger charge is -2.41. The van der Waals surface area contributed by atoms with Gasteiger partial charge in [-0.15, -0.1) is 0 Å². The van der Waals surface area contributed by atoms with Crippen molar-refractivity contribution in [3.8, 4) is 0 Å². The van der Waals surface area contributed by atoms with Crippen LogP contribution in [-0.2, 0) is 13.1 Å². The van der Waals surface area contributed by atoms with E-state index in [4.69, 9.17) is 10.2 Å². The number of carbonyl (C=O) groups excluding carboxylic acids is 1. The molecule has 1 amide bonds. The van der Waals surface area contributed by atoms with Crippen molar-refractivity contribution in [2.45, 2.75) is 44.9 Å². The van der Waals surface area contributed by atoms with Crippen LogP contribution in [0.4, 0.5) is 0 Å². The Balaban J connectivity index is 1.59. The van der Waals surface area contributed by atoms with Crippen molar-refractivity contribution < 1.29 is 9.21 Å². The molecule has 3 rings (SSSR count). The summed E-state index contributed by atoms with van der Waals surface area (Å²) in [6.07, 6.45) is 1.95. The minimum absolute atomic E-state index is 0.0617. The smallest absolute Gasteiger partial charge is 0.289 e. The minimum atomic E-state index is -0.0617. The molecule has 0 spiro atoms. The first-order valence-corrected chi connectivity index (χ1v) is 8.92. The van der Waals surface area contributed by atoms with Gasteiger partial charge in [-0.3, -0.25) is 9.69 Å². The van der Waals surface area contributed by atoms with Crippen LogP contribution in [0.25, 0.3) is 0 Å².